The molecule has 3 aromatic carbocycles. The topological polar surface area (TPSA) is 126 Å². The molecule has 0 atom stereocenters. The predicted molar refractivity (Wildman–Crippen MR) is 185 cm³/mol. The fraction of sp³-hybridized carbons (Fsp3) is 0.389. The molecule has 3 saturated heterocycles. The maximum atomic E-state index is 12.9. The summed E-state index contributed by atoms with van der Waals surface area (Å²) < 4.78 is 0. The maximum absolute atomic E-state index is 12.9. The third kappa shape index (κ3) is 8.26. The Kier molecular flexibility index (Phi) is 10.4. The number of carbonyl (C=O) groups is 1. The number of piperidine rings is 1. The number of rotatable bonds is 10. The summed E-state index contributed by atoms with van der Waals surface area (Å²) in [6, 6.07) is 25.1. The Morgan fingerprint density at radius 2 is 1.20 bits per heavy atom. The van der Waals surface area contributed by atoms with E-state index in [4.69, 9.17) is 34.5 Å². The summed E-state index contributed by atoms with van der Waals surface area (Å²) >= 11 is 0. The van der Waals surface area contributed by atoms with E-state index in [1.54, 1.807) is 24.3 Å². The first-order valence-electron chi connectivity index (χ1n) is 17.0. The zero-order valence-electron chi connectivity index (χ0n) is 27.7. The van der Waals surface area contributed by atoms with Gasteiger partial charge in [-0.1, -0.05) is 60.2 Å². The van der Waals surface area contributed by atoms with Gasteiger partial charge in [0.2, 0.25) is 30.4 Å². The first-order chi connectivity index (χ1) is 24.1. The number of aryl methyl sites for hydroxylation is 1. The van der Waals surface area contributed by atoms with Crippen molar-refractivity contribution in [3.63, 3.8) is 0 Å². The first kappa shape index (κ1) is 32.7. The quantitative estimate of drug-likeness (QED) is 0.176. The molecule has 7 rings (SSSR count). The molecule has 0 aliphatic carbocycles. The van der Waals surface area contributed by atoms with Crippen LogP contribution in [-0.4, -0.2) is 73.2 Å². The van der Waals surface area contributed by atoms with Crippen molar-refractivity contribution in [2.45, 2.75) is 38.8 Å². The van der Waals surface area contributed by atoms with Crippen LogP contribution in [0.15, 0.2) is 78.9 Å². The Bertz CT molecular complexity index is 1660. The van der Waals surface area contributed by atoms with E-state index in [-0.39, 0.29) is 5.91 Å². The minimum atomic E-state index is -0.879. The van der Waals surface area contributed by atoms with Gasteiger partial charge in [0, 0.05) is 74.7 Å². The number of nitrogens with one attached hydrogen (secondary N) is 2. The second-order valence-electron chi connectivity index (χ2n) is 12.4. The highest BCUT2D eigenvalue weighted by Crippen LogP contribution is 2.32. The molecule has 256 valence electrons. The summed E-state index contributed by atoms with van der Waals surface area (Å²) in [7, 11) is 0. The molecule has 3 aliphatic rings. The molecule has 4 heterocycles. The summed E-state index contributed by atoms with van der Waals surface area (Å²) in [5.41, 5.74) is 4.29. The van der Waals surface area contributed by atoms with Crippen molar-refractivity contribution in [1.29, 1.82) is 0 Å². The molecule has 0 bridgehead atoms. The molecule has 13 nitrogen and oxygen atoms in total. The number of anilines is 4. The van der Waals surface area contributed by atoms with E-state index in [1.807, 2.05) is 37.3 Å². The summed E-state index contributed by atoms with van der Waals surface area (Å²) in [5.74, 6) is 1.69. The highest BCUT2D eigenvalue weighted by molar-refractivity contribution is 5.94. The van der Waals surface area contributed by atoms with Gasteiger partial charge < -0.3 is 25.3 Å². The predicted octanol–water partition coefficient (Wildman–Crippen LogP) is 4.95. The number of aromatic nitrogens is 3. The number of carbonyl (C=O) groups excluding carboxylic acids is 1. The lowest BCUT2D eigenvalue weighted by atomic mass is 10.1. The number of para-hydroxylation sites is 1. The number of hydrogen-bond acceptors (Lipinski definition) is 12. The van der Waals surface area contributed by atoms with Gasteiger partial charge in [0.05, 0.1) is 0 Å². The second kappa shape index (κ2) is 15.6. The molecule has 1 amide bonds. The third-order valence-corrected chi connectivity index (χ3v) is 8.88. The van der Waals surface area contributed by atoms with Crippen molar-refractivity contribution < 1.29 is 24.3 Å². The molecule has 1 aromatic heterocycles. The summed E-state index contributed by atoms with van der Waals surface area (Å²) in [6.45, 7) is 8.13. The normalized spacial score (nSPS) is 19.8. The van der Waals surface area contributed by atoms with Crippen LogP contribution in [0.4, 0.5) is 23.5 Å². The van der Waals surface area contributed by atoms with Gasteiger partial charge in [-0.05, 0) is 50.5 Å². The zero-order chi connectivity index (χ0) is 33.4. The number of benzene rings is 3. The van der Waals surface area contributed by atoms with Crippen LogP contribution in [0, 0.1) is 6.92 Å². The van der Waals surface area contributed by atoms with Gasteiger partial charge in [0.1, 0.15) is 0 Å². The molecule has 0 spiro atoms. The Hall–Kier alpha value is -4.82. The maximum Gasteiger partial charge on any atom is 0.251 e. The van der Waals surface area contributed by atoms with Crippen molar-refractivity contribution in [1.82, 2.24) is 20.3 Å². The fourth-order valence-corrected chi connectivity index (χ4v) is 6.04. The van der Waals surface area contributed by atoms with Crippen LogP contribution in [0.2, 0.25) is 0 Å². The van der Waals surface area contributed by atoms with E-state index >= 15 is 0 Å². The van der Waals surface area contributed by atoms with Crippen LogP contribution in [-0.2, 0) is 19.6 Å². The molecular weight excluding hydrogens is 624 g/mol. The summed E-state index contributed by atoms with van der Waals surface area (Å²) in [5, 5.41) is 6.28. The van der Waals surface area contributed by atoms with Crippen molar-refractivity contribution >= 4 is 29.4 Å². The Labute approximate surface area is 286 Å². The SMILES string of the molecule is Cc1ccc(C2OOC(c3ccc(C(=O)NCCNc4nc(N5CCCCC5)nc(N5CCN(c6ccccc6)CC5)n4)cc3)OO2)cc1. The minimum Gasteiger partial charge on any atom is -0.368 e. The van der Waals surface area contributed by atoms with Gasteiger partial charge in [0.15, 0.2) is 0 Å². The number of hydrogen-bond donors (Lipinski definition) is 2. The molecule has 13 heteroatoms. The van der Waals surface area contributed by atoms with Gasteiger partial charge in [-0.2, -0.15) is 34.5 Å². The zero-order valence-corrected chi connectivity index (χ0v) is 27.7. The van der Waals surface area contributed by atoms with E-state index < -0.39 is 12.6 Å². The van der Waals surface area contributed by atoms with Crippen LogP contribution in [0.1, 0.15) is 58.9 Å². The van der Waals surface area contributed by atoms with Crippen LogP contribution in [0.3, 0.4) is 0 Å². The molecular formula is C36H42N8O5. The third-order valence-electron chi connectivity index (χ3n) is 8.88. The summed E-state index contributed by atoms with van der Waals surface area (Å²) in [6.07, 6.45) is 1.82. The fourth-order valence-electron chi connectivity index (χ4n) is 6.04. The van der Waals surface area contributed by atoms with Crippen molar-refractivity contribution in [2.75, 3.05) is 72.4 Å². The Morgan fingerprint density at radius 1 is 0.653 bits per heavy atom. The second-order valence-corrected chi connectivity index (χ2v) is 12.4. The van der Waals surface area contributed by atoms with Crippen LogP contribution >= 0.6 is 0 Å². The average molecular weight is 667 g/mol. The van der Waals surface area contributed by atoms with E-state index in [0.717, 1.165) is 63.2 Å². The van der Waals surface area contributed by atoms with Crippen molar-refractivity contribution in [3.8, 4) is 0 Å². The molecule has 2 N–H and O–H groups in total. The van der Waals surface area contributed by atoms with Crippen LogP contribution < -0.4 is 25.3 Å². The van der Waals surface area contributed by atoms with Crippen LogP contribution in [0.5, 0.6) is 0 Å². The lowest BCUT2D eigenvalue weighted by molar-refractivity contribution is -0.600. The molecule has 0 radical (unpaired) electrons. The van der Waals surface area contributed by atoms with E-state index in [9.17, 15) is 4.79 Å². The number of piperazine rings is 1. The minimum absolute atomic E-state index is 0.201. The van der Waals surface area contributed by atoms with Gasteiger partial charge in [-0.3, -0.25) is 4.79 Å². The molecule has 0 saturated carbocycles. The van der Waals surface area contributed by atoms with Gasteiger partial charge >= 0.3 is 0 Å². The standard InChI is InChI=1S/C36H42N8O5/c1-26-10-12-28(13-11-26)32-46-48-33(49-47-32)29-16-14-27(15-17-29)31(45)37-18-19-38-34-39-35(43-20-6-3-7-21-43)41-36(40-34)44-24-22-42(23-25-44)30-8-4-2-5-9-30/h2,4-5,8-17,32-33H,3,6-7,18-25H2,1H3,(H,37,45)(H,38,39,40,41). The first-order valence-corrected chi connectivity index (χ1v) is 17.0. The van der Waals surface area contributed by atoms with E-state index in [2.05, 4.69) is 49.6 Å². The monoisotopic (exact) mass is 666 g/mol. The largest absolute Gasteiger partial charge is 0.368 e. The Morgan fingerprint density at radius 3 is 1.82 bits per heavy atom. The lowest BCUT2D eigenvalue weighted by Crippen LogP contribution is -2.47. The average Bonchev–Trinajstić information content (AvgIpc) is 3.17. The molecule has 0 unspecified atom stereocenters. The number of nitrogens with zero attached hydrogens (tertiary/aromatic N) is 6. The molecule has 3 fully saturated rings. The smallest absolute Gasteiger partial charge is 0.251 e. The van der Waals surface area contributed by atoms with E-state index in [0.29, 0.717) is 42.1 Å². The van der Waals surface area contributed by atoms with Crippen molar-refractivity contribution in [3.05, 3.63) is 101 Å². The molecule has 4 aromatic rings. The van der Waals surface area contributed by atoms with Gasteiger partial charge in [-0.25, -0.2) is 0 Å². The van der Waals surface area contributed by atoms with Gasteiger partial charge in [-0.15, -0.1) is 0 Å². The van der Waals surface area contributed by atoms with E-state index in [1.165, 1.54) is 12.1 Å². The van der Waals surface area contributed by atoms with Crippen LogP contribution in [0.25, 0.3) is 0 Å². The summed E-state index contributed by atoms with van der Waals surface area (Å²) in [4.78, 5) is 55.9. The lowest BCUT2D eigenvalue weighted by Gasteiger charge is -2.36. The Balaban J connectivity index is 0.911. The molecule has 3 aliphatic heterocycles. The highest BCUT2D eigenvalue weighted by atomic mass is 17.4. The highest BCUT2D eigenvalue weighted by Gasteiger charge is 2.28. The number of amides is 1. The molecule has 49 heavy (non-hydrogen) atoms. The van der Waals surface area contributed by atoms with Crippen molar-refractivity contribution in [2.24, 2.45) is 0 Å². The van der Waals surface area contributed by atoms with Gasteiger partial charge in [0.25, 0.3) is 5.91 Å².